The van der Waals surface area contributed by atoms with Crippen LogP contribution in [0, 0.1) is 13.8 Å². The average Bonchev–Trinajstić information content (AvgIpc) is 2.53. The second-order valence-corrected chi connectivity index (χ2v) is 6.08. The largest absolute Gasteiger partial charge is 0.497 e. The number of amides is 1. The van der Waals surface area contributed by atoms with Gasteiger partial charge in [-0.05, 0) is 38.1 Å². The van der Waals surface area contributed by atoms with Gasteiger partial charge in [0.25, 0.3) is 0 Å². The third kappa shape index (κ3) is 5.39. The van der Waals surface area contributed by atoms with E-state index in [-0.39, 0.29) is 5.91 Å². The Balaban J connectivity index is 1.97. The fourth-order valence-corrected chi connectivity index (χ4v) is 2.80. The molecule has 0 atom stereocenters. The number of carbonyl (C=O) groups is 1. The summed E-state index contributed by atoms with van der Waals surface area (Å²) in [6.07, 6.45) is 0. The van der Waals surface area contributed by atoms with Gasteiger partial charge in [-0.25, -0.2) is 0 Å². The molecule has 0 bridgehead atoms. The van der Waals surface area contributed by atoms with Crippen molar-refractivity contribution in [1.29, 1.82) is 0 Å². The summed E-state index contributed by atoms with van der Waals surface area (Å²) in [6, 6.07) is 13.9. The van der Waals surface area contributed by atoms with Crippen LogP contribution in [0.2, 0.25) is 0 Å². The minimum Gasteiger partial charge on any atom is -0.497 e. The van der Waals surface area contributed by atoms with Crippen molar-refractivity contribution in [1.82, 2.24) is 4.90 Å². The maximum atomic E-state index is 12.3. The summed E-state index contributed by atoms with van der Waals surface area (Å²) in [6.45, 7) is 8.22. The zero-order valence-electron chi connectivity index (χ0n) is 14.9. The molecule has 2 aromatic carbocycles. The summed E-state index contributed by atoms with van der Waals surface area (Å²) < 4.78 is 5.18. The maximum absolute atomic E-state index is 12.3. The highest BCUT2D eigenvalue weighted by Gasteiger charge is 2.11. The molecule has 4 nitrogen and oxygen atoms in total. The number of ether oxygens (including phenoxy) is 1. The number of rotatable bonds is 7. The number of carbonyl (C=O) groups excluding carboxylic acids is 1. The van der Waals surface area contributed by atoms with E-state index in [0.717, 1.165) is 24.5 Å². The molecule has 2 rings (SSSR count). The van der Waals surface area contributed by atoms with Gasteiger partial charge in [0.2, 0.25) is 5.91 Å². The highest BCUT2D eigenvalue weighted by Crippen LogP contribution is 2.17. The second kappa shape index (κ2) is 8.50. The molecule has 0 saturated carbocycles. The van der Waals surface area contributed by atoms with Crippen molar-refractivity contribution < 1.29 is 9.53 Å². The Morgan fingerprint density at radius 2 is 1.83 bits per heavy atom. The first-order valence-electron chi connectivity index (χ1n) is 8.23. The molecule has 0 aliphatic heterocycles. The van der Waals surface area contributed by atoms with Crippen molar-refractivity contribution in [3.05, 3.63) is 59.2 Å². The summed E-state index contributed by atoms with van der Waals surface area (Å²) in [5.41, 5.74) is 4.49. The first kappa shape index (κ1) is 18.0. The van der Waals surface area contributed by atoms with Gasteiger partial charge in [-0.3, -0.25) is 9.69 Å². The molecule has 0 fully saturated rings. The van der Waals surface area contributed by atoms with Gasteiger partial charge in [-0.1, -0.05) is 42.3 Å². The van der Waals surface area contributed by atoms with Gasteiger partial charge < -0.3 is 10.1 Å². The molecule has 0 unspecified atom stereocenters. The minimum absolute atomic E-state index is 0.0190. The normalized spacial score (nSPS) is 10.7. The van der Waals surface area contributed by atoms with Crippen molar-refractivity contribution in [3.63, 3.8) is 0 Å². The number of benzene rings is 2. The minimum atomic E-state index is -0.0190. The van der Waals surface area contributed by atoms with Gasteiger partial charge in [0.05, 0.1) is 13.7 Å². The van der Waals surface area contributed by atoms with E-state index >= 15 is 0 Å². The molecule has 4 heteroatoms. The van der Waals surface area contributed by atoms with Gasteiger partial charge in [0.15, 0.2) is 0 Å². The zero-order chi connectivity index (χ0) is 17.5. The van der Waals surface area contributed by atoms with Crippen LogP contribution in [-0.2, 0) is 11.3 Å². The topological polar surface area (TPSA) is 41.6 Å². The average molecular weight is 326 g/mol. The first-order chi connectivity index (χ1) is 11.5. The lowest BCUT2D eigenvalue weighted by molar-refractivity contribution is -0.117. The van der Waals surface area contributed by atoms with Gasteiger partial charge >= 0.3 is 0 Å². The van der Waals surface area contributed by atoms with Crippen molar-refractivity contribution >= 4 is 11.6 Å². The molecule has 0 saturated heterocycles. The van der Waals surface area contributed by atoms with Gasteiger partial charge in [0, 0.05) is 18.3 Å². The predicted octanol–water partition coefficient (Wildman–Crippen LogP) is 3.77. The Labute approximate surface area is 144 Å². The fourth-order valence-electron chi connectivity index (χ4n) is 2.80. The number of nitrogens with one attached hydrogen (secondary N) is 1. The van der Waals surface area contributed by atoms with Crippen LogP contribution in [0.5, 0.6) is 5.75 Å². The molecule has 2 aromatic rings. The van der Waals surface area contributed by atoms with Crippen LogP contribution in [0.4, 0.5) is 5.69 Å². The summed E-state index contributed by atoms with van der Waals surface area (Å²) in [7, 11) is 1.61. The number of hydrogen-bond acceptors (Lipinski definition) is 3. The third-order valence-electron chi connectivity index (χ3n) is 3.86. The Hall–Kier alpha value is -2.33. The van der Waals surface area contributed by atoms with Crippen LogP contribution in [0.1, 0.15) is 23.6 Å². The molecule has 1 amide bonds. The lowest BCUT2D eigenvalue weighted by Crippen LogP contribution is -2.32. The zero-order valence-corrected chi connectivity index (χ0v) is 14.9. The third-order valence-corrected chi connectivity index (χ3v) is 3.86. The molecule has 0 spiro atoms. The van der Waals surface area contributed by atoms with E-state index in [1.54, 1.807) is 7.11 Å². The first-order valence-corrected chi connectivity index (χ1v) is 8.23. The summed E-state index contributed by atoms with van der Waals surface area (Å²) >= 11 is 0. The van der Waals surface area contributed by atoms with Crippen LogP contribution in [-0.4, -0.2) is 31.0 Å². The van der Waals surface area contributed by atoms with Crippen molar-refractivity contribution in [2.75, 3.05) is 25.5 Å². The van der Waals surface area contributed by atoms with E-state index in [2.05, 4.69) is 49.2 Å². The number of aryl methyl sites for hydroxylation is 2. The second-order valence-electron chi connectivity index (χ2n) is 6.08. The molecule has 128 valence electrons. The molecule has 24 heavy (non-hydrogen) atoms. The lowest BCUT2D eigenvalue weighted by atomic mass is 10.1. The van der Waals surface area contributed by atoms with E-state index in [9.17, 15) is 4.79 Å². The molecular weight excluding hydrogens is 300 g/mol. The predicted molar refractivity (Wildman–Crippen MR) is 98.5 cm³/mol. The van der Waals surface area contributed by atoms with Crippen molar-refractivity contribution in [2.45, 2.75) is 27.3 Å². The van der Waals surface area contributed by atoms with Crippen LogP contribution in [0.15, 0.2) is 42.5 Å². The van der Waals surface area contributed by atoms with E-state index in [0.29, 0.717) is 6.54 Å². The summed E-state index contributed by atoms with van der Waals surface area (Å²) in [4.78, 5) is 14.4. The molecule has 0 aliphatic rings. The summed E-state index contributed by atoms with van der Waals surface area (Å²) in [5.74, 6) is 0.713. The van der Waals surface area contributed by atoms with E-state index in [1.807, 2.05) is 24.3 Å². The SMILES string of the molecule is CCN(CC(=O)Nc1cccc(OC)c1)Cc1cc(C)cc(C)c1. The maximum Gasteiger partial charge on any atom is 0.238 e. The van der Waals surface area contributed by atoms with Gasteiger partial charge in [0.1, 0.15) is 5.75 Å². The standard InChI is InChI=1S/C20H26N2O2/c1-5-22(13-17-10-15(2)9-16(3)11-17)14-20(23)21-18-7-6-8-19(12-18)24-4/h6-12H,5,13-14H2,1-4H3,(H,21,23). The van der Waals surface area contributed by atoms with E-state index in [1.165, 1.54) is 16.7 Å². The quantitative estimate of drug-likeness (QED) is 0.842. The Morgan fingerprint density at radius 1 is 1.12 bits per heavy atom. The highest BCUT2D eigenvalue weighted by molar-refractivity contribution is 5.92. The Bertz CT molecular complexity index is 678. The number of likely N-dealkylation sites (N-methyl/N-ethyl adjacent to an activating group) is 1. The van der Waals surface area contributed by atoms with Gasteiger partial charge in [-0.2, -0.15) is 0 Å². The molecule has 0 radical (unpaired) electrons. The Kier molecular flexibility index (Phi) is 6.38. The van der Waals surface area contributed by atoms with Crippen LogP contribution >= 0.6 is 0 Å². The fraction of sp³-hybridized carbons (Fsp3) is 0.350. The van der Waals surface area contributed by atoms with E-state index in [4.69, 9.17) is 4.74 Å². The number of nitrogens with zero attached hydrogens (tertiary/aromatic N) is 1. The number of hydrogen-bond donors (Lipinski definition) is 1. The van der Waals surface area contributed by atoms with E-state index < -0.39 is 0 Å². The Morgan fingerprint density at radius 3 is 2.46 bits per heavy atom. The van der Waals surface area contributed by atoms with Crippen molar-refractivity contribution in [2.24, 2.45) is 0 Å². The molecule has 1 N–H and O–H groups in total. The molecule has 0 aliphatic carbocycles. The lowest BCUT2D eigenvalue weighted by Gasteiger charge is -2.20. The number of anilines is 1. The molecular formula is C20H26N2O2. The summed E-state index contributed by atoms with van der Waals surface area (Å²) in [5, 5.41) is 2.93. The molecule has 0 heterocycles. The number of methoxy groups -OCH3 is 1. The van der Waals surface area contributed by atoms with Crippen LogP contribution in [0.25, 0.3) is 0 Å². The highest BCUT2D eigenvalue weighted by atomic mass is 16.5. The molecule has 0 aromatic heterocycles. The smallest absolute Gasteiger partial charge is 0.238 e. The monoisotopic (exact) mass is 326 g/mol. The van der Waals surface area contributed by atoms with Crippen LogP contribution in [0.3, 0.4) is 0 Å². The van der Waals surface area contributed by atoms with Crippen LogP contribution < -0.4 is 10.1 Å². The van der Waals surface area contributed by atoms with Crippen molar-refractivity contribution in [3.8, 4) is 5.75 Å². The van der Waals surface area contributed by atoms with Gasteiger partial charge in [-0.15, -0.1) is 0 Å².